The number of hydrogen-bond acceptors (Lipinski definition) is 3. The number of aryl methyl sites for hydroxylation is 2. The van der Waals surface area contributed by atoms with Crippen LogP contribution in [0.2, 0.25) is 5.02 Å². The lowest BCUT2D eigenvalue weighted by Crippen LogP contribution is -2.13. The second kappa shape index (κ2) is 7.47. The van der Waals surface area contributed by atoms with E-state index in [9.17, 15) is 0 Å². The van der Waals surface area contributed by atoms with Gasteiger partial charge in [-0.3, -0.25) is 0 Å². The monoisotopic (exact) mass is 335 g/mol. The topological polar surface area (TPSA) is 30.5 Å². The van der Waals surface area contributed by atoms with Crippen molar-refractivity contribution in [2.75, 3.05) is 12.4 Å². The van der Waals surface area contributed by atoms with Gasteiger partial charge in [-0.25, -0.2) is 0 Å². The van der Waals surface area contributed by atoms with Crippen molar-refractivity contribution in [2.24, 2.45) is 0 Å². The molecule has 0 amide bonds. The average Bonchev–Trinajstić information content (AvgIpc) is 2.48. The Labute approximate surface area is 141 Å². The zero-order chi connectivity index (χ0) is 16.1. The molecule has 0 unspecified atom stereocenters. The molecular formula is C17H18ClNO2S. The van der Waals surface area contributed by atoms with Gasteiger partial charge in [-0.2, -0.15) is 0 Å². The fourth-order valence-corrected chi connectivity index (χ4v) is 2.39. The Kier molecular flexibility index (Phi) is 5.63. The summed E-state index contributed by atoms with van der Waals surface area (Å²) < 4.78 is 10.9. The van der Waals surface area contributed by atoms with Crippen LogP contribution in [0.15, 0.2) is 36.4 Å². The SMILES string of the molecule is COC(=S)Nc1ccc(Cl)cc1COc1ccc(C)cc1C. The first-order valence-corrected chi connectivity index (χ1v) is 7.61. The fourth-order valence-electron chi connectivity index (χ4n) is 2.08. The predicted molar refractivity (Wildman–Crippen MR) is 94.9 cm³/mol. The maximum absolute atomic E-state index is 6.07. The number of ether oxygens (including phenoxy) is 2. The van der Waals surface area contributed by atoms with Crippen molar-refractivity contribution in [3.8, 4) is 5.75 Å². The Morgan fingerprint density at radius 1 is 1.18 bits per heavy atom. The van der Waals surface area contributed by atoms with Crippen LogP contribution in [0.3, 0.4) is 0 Å². The van der Waals surface area contributed by atoms with Crippen molar-refractivity contribution in [1.29, 1.82) is 0 Å². The number of hydrogen-bond donors (Lipinski definition) is 1. The van der Waals surface area contributed by atoms with Crippen LogP contribution < -0.4 is 10.1 Å². The molecule has 2 rings (SSSR count). The molecule has 0 aliphatic carbocycles. The molecule has 0 aliphatic heterocycles. The van der Waals surface area contributed by atoms with Crippen LogP contribution in [-0.4, -0.2) is 12.3 Å². The minimum absolute atomic E-state index is 0.301. The Bertz CT molecular complexity index is 688. The van der Waals surface area contributed by atoms with Crippen LogP contribution in [0.1, 0.15) is 16.7 Å². The van der Waals surface area contributed by atoms with Gasteiger partial charge in [0.25, 0.3) is 5.17 Å². The number of rotatable bonds is 4. The van der Waals surface area contributed by atoms with E-state index >= 15 is 0 Å². The zero-order valence-electron chi connectivity index (χ0n) is 12.8. The molecule has 0 spiro atoms. The van der Waals surface area contributed by atoms with E-state index in [1.807, 2.05) is 31.2 Å². The first kappa shape index (κ1) is 16.6. The van der Waals surface area contributed by atoms with Gasteiger partial charge in [0.2, 0.25) is 0 Å². The van der Waals surface area contributed by atoms with Crippen molar-refractivity contribution in [2.45, 2.75) is 20.5 Å². The molecule has 2 aromatic rings. The van der Waals surface area contributed by atoms with Gasteiger partial charge in [-0.1, -0.05) is 29.3 Å². The molecule has 5 heteroatoms. The molecule has 0 saturated carbocycles. The van der Waals surface area contributed by atoms with E-state index in [1.165, 1.54) is 12.7 Å². The summed E-state index contributed by atoms with van der Waals surface area (Å²) in [4.78, 5) is 0. The standard InChI is InChI=1S/C17H18ClNO2S/c1-11-4-7-16(12(2)8-11)21-10-13-9-14(18)5-6-15(13)19-17(22)20-3/h4-9H,10H2,1-3H3,(H,19,22). The molecule has 0 fully saturated rings. The largest absolute Gasteiger partial charge is 0.489 e. The summed E-state index contributed by atoms with van der Waals surface area (Å²) in [5, 5.41) is 3.97. The number of methoxy groups -OCH3 is 1. The van der Waals surface area contributed by atoms with Gasteiger partial charge < -0.3 is 14.8 Å². The van der Waals surface area contributed by atoms with Gasteiger partial charge in [0.1, 0.15) is 12.4 Å². The lowest BCUT2D eigenvalue weighted by atomic mass is 10.1. The molecule has 0 aliphatic rings. The lowest BCUT2D eigenvalue weighted by Gasteiger charge is -2.14. The Balaban J connectivity index is 2.17. The third-order valence-electron chi connectivity index (χ3n) is 3.20. The lowest BCUT2D eigenvalue weighted by molar-refractivity contribution is 0.304. The van der Waals surface area contributed by atoms with Crippen LogP contribution in [-0.2, 0) is 11.3 Å². The van der Waals surface area contributed by atoms with Crippen molar-refractivity contribution < 1.29 is 9.47 Å². The summed E-state index contributed by atoms with van der Waals surface area (Å²) in [6.45, 7) is 4.47. The molecule has 3 nitrogen and oxygen atoms in total. The van der Waals surface area contributed by atoms with Gasteiger partial charge >= 0.3 is 0 Å². The summed E-state index contributed by atoms with van der Waals surface area (Å²) in [6, 6.07) is 11.6. The smallest absolute Gasteiger partial charge is 0.260 e. The van der Waals surface area contributed by atoms with E-state index in [1.54, 1.807) is 6.07 Å². The van der Waals surface area contributed by atoms with E-state index in [4.69, 9.17) is 33.3 Å². The number of halogens is 1. The van der Waals surface area contributed by atoms with Crippen LogP contribution in [0.25, 0.3) is 0 Å². The first-order chi connectivity index (χ1) is 10.5. The molecule has 1 N–H and O–H groups in total. The van der Waals surface area contributed by atoms with Crippen molar-refractivity contribution in [3.63, 3.8) is 0 Å². The summed E-state index contributed by atoms with van der Waals surface area (Å²) >= 11 is 11.1. The van der Waals surface area contributed by atoms with E-state index in [2.05, 4.69) is 18.3 Å². The van der Waals surface area contributed by atoms with E-state index in [0.29, 0.717) is 16.8 Å². The normalized spacial score (nSPS) is 10.2. The molecule has 0 saturated heterocycles. The van der Waals surface area contributed by atoms with Gasteiger partial charge in [0, 0.05) is 16.3 Å². The minimum atomic E-state index is 0.301. The summed E-state index contributed by atoms with van der Waals surface area (Å²) in [6.07, 6.45) is 0. The molecule has 0 bridgehead atoms. The van der Waals surface area contributed by atoms with Crippen LogP contribution in [0, 0.1) is 13.8 Å². The summed E-state index contributed by atoms with van der Waals surface area (Å²) in [5.41, 5.74) is 4.04. The zero-order valence-corrected chi connectivity index (χ0v) is 14.3. The Morgan fingerprint density at radius 3 is 2.64 bits per heavy atom. The predicted octanol–water partition coefficient (Wildman–Crippen LogP) is 4.88. The van der Waals surface area contributed by atoms with Gasteiger partial charge in [0.15, 0.2) is 0 Å². The van der Waals surface area contributed by atoms with Crippen LogP contribution in [0.5, 0.6) is 5.75 Å². The number of thiocarbonyl (C=S) groups is 1. The highest BCUT2D eigenvalue weighted by molar-refractivity contribution is 7.80. The molecule has 116 valence electrons. The Morgan fingerprint density at radius 2 is 1.95 bits per heavy atom. The van der Waals surface area contributed by atoms with Gasteiger partial charge in [-0.05, 0) is 55.9 Å². The maximum Gasteiger partial charge on any atom is 0.260 e. The number of nitrogens with one attached hydrogen (secondary N) is 1. The summed E-state index contributed by atoms with van der Waals surface area (Å²) in [7, 11) is 1.52. The van der Waals surface area contributed by atoms with Gasteiger partial charge in [-0.15, -0.1) is 0 Å². The van der Waals surface area contributed by atoms with Crippen LogP contribution in [0.4, 0.5) is 5.69 Å². The molecule has 0 atom stereocenters. The summed E-state index contributed by atoms with van der Waals surface area (Å²) in [5.74, 6) is 0.853. The third-order valence-corrected chi connectivity index (χ3v) is 3.71. The molecule has 22 heavy (non-hydrogen) atoms. The van der Waals surface area contributed by atoms with Gasteiger partial charge in [0.05, 0.1) is 7.11 Å². The minimum Gasteiger partial charge on any atom is -0.489 e. The van der Waals surface area contributed by atoms with E-state index in [-0.39, 0.29) is 0 Å². The highest BCUT2D eigenvalue weighted by Crippen LogP contribution is 2.25. The van der Waals surface area contributed by atoms with E-state index in [0.717, 1.165) is 22.6 Å². The fraction of sp³-hybridized carbons (Fsp3) is 0.235. The van der Waals surface area contributed by atoms with Crippen LogP contribution >= 0.6 is 23.8 Å². The highest BCUT2D eigenvalue weighted by Gasteiger charge is 2.08. The van der Waals surface area contributed by atoms with Crippen molar-refractivity contribution in [3.05, 3.63) is 58.1 Å². The quantitative estimate of drug-likeness (QED) is 0.807. The average molecular weight is 336 g/mol. The third kappa shape index (κ3) is 4.36. The number of anilines is 1. The highest BCUT2D eigenvalue weighted by atomic mass is 35.5. The van der Waals surface area contributed by atoms with Crippen molar-refractivity contribution >= 4 is 34.7 Å². The second-order valence-corrected chi connectivity index (χ2v) is 5.78. The van der Waals surface area contributed by atoms with E-state index < -0.39 is 0 Å². The maximum atomic E-state index is 6.07. The molecular weight excluding hydrogens is 318 g/mol. The Hall–Kier alpha value is -1.78. The molecule has 0 radical (unpaired) electrons. The molecule has 0 heterocycles. The molecule has 0 aromatic heterocycles. The molecule has 2 aromatic carbocycles. The number of benzene rings is 2. The first-order valence-electron chi connectivity index (χ1n) is 6.83. The van der Waals surface area contributed by atoms with Crippen molar-refractivity contribution in [1.82, 2.24) is 0 Å². The second-order valence-electron chi connectivity index (χ2n) is 4.98.